The minimum atomic E-state index is -0.706. The first-order valence-corrected chi connectivity index (χ1v) is 9.88. The minimum Gasteiger partial charge on any atom is -0.497 e. The van der Waals surface area contributed by atoms with E-state index in [9.17, 15) is 4.79 Å². The van der Waals surface area contributed by atoms with E-state index in [1.807, 2.05) is 13.8 Å². The zero-order chi connectivity index (χ0) is 19.8. The SMILES string of the molecule is COc1ccc(OC)c(NC(=O)C(OC(C)C)[C@H](N)CC2CCCCC2)c1. The van der Waals surface area contributed by atoms with Crippen molar-refractivity contribution in [2.24, 2.45) is 11.7 Å². The van der Waals surface area contributed by atoms with Crippen LogP contribution in [0.1, 0.15) is 52.4 Å². The number of hydrogen-bond donors (Lipinski definition) is 2. The fourth-order valence-electron chi connectivity index (χ4n) is 3.70. The van der Waals surface area contributed by atoms with E-state index < -0.39 is 6.10 Å². The number of nitrogens with one attached hydrogen (secondary N) is 1. The maximum atomic E-state index is 13.0. The van der Waals surface area contributed by atoms with Gasteiger partial charge in [0.1, 0.15) is 11.5 Å². The molecule has 0 bridgehead atoms. The topological polar surface area (TPSA) is 82.8 Å². The molecule has 1 fully saturated rings. The van der Waals surface area contributed by atoms with Gasteiger partial charge in [0.15, 0.2) is 6.10 Å². The summed E-state index contributed by atoms with van der Waals surface area (Å²) in [7, 11) is 3.15. The monoisotopic (exact) mass is 378 g/mol. The van der Waals surface area contributed by atoms with Gasteiger partial charge in [-0.2, -0.15) is 0 Å². The van der Waals surface area contributed by atoms with Crippen molar-refractivity contribution >= 4 is 11.6 Å². The summed E-state index contributed by atoms with van der Waals surface area (Å²) in [5.41, 5.74) is 6.98. The van der Waals surface area contributed by atoms with Gasteiger partial charge in [-0.15, -0.1) is 0 Å². The lowest BCUT2D eigenvalue weighted by atomic mass is 9.84. The molecule has 0 spiro atoms. The van der Waals surface area contributed by atoms with Gasteiger partial charge >= 0.3 is 0 Å². The summed E-state index contributed by atoms with van der Waals surface area (Å²) in [6, 6.07) is 4.93. The first kappa shape index (κ1) is 21.5. The molecule has 0 saturated heterocycles. The zero-order valence-electron chi connectivity index (χ0n) is 17.0. The molecule has 3 N–H and O–H groups in total. The van der Waals surface area contributed by atoms with Crippen LogP contribution in [-0.4, -0.2) is 38.4 Å². The number of methoxy groups -OCH3 is 2. The second-order valence-electron chi connectivity index (χ2n) is 7.56. The van der Waals surface area contributed by atoms with Crippen LogP contribution < -0.4 is 20.5 Å². The highest BCUT2D eigenvalue weighted by molar-refractivity contribution is 5.96. The lowest BCUT2D eigenvalue weighted by Crippen LogP contribution is -2.47. The van der Waals surface area contributed by atoms with Crippen LogP contribution >= 0.6 is 0 Å². The third kappa shape index (κ3) is 6.40. The number of rotatable bonds is 9. The third-order valence-corrected chi connectivity index (χ3v) is 5.06. The molecule has 1 saturated carbocycles. The van der Waals surface area contributed by atoms with Crippen LogP contribution in [0.15, 0.2) is 18.2 Å². The molecule has 1 amide bonds. The Bertz CT molecular complexity index is 600. The summed E-state index contributed by atoms with van der Waals surface area (Å²) in [4.78, 5) is 13.0. The van der Waals surface area contributed by atoms with Gasteiger partial charge in [-0.05, 0) is 38.3 Å². The Morgan fingerprint density at radius 1 is 1.19 bits per heavy atom. The minimum absolute atomic E-state index is 0.0923. The van der Waals surface area contributed by atoms with E-state index in [2.05, 4.69) is 5.32 Å². The van der Waals surface area contributed by atoms with Crippen LogP contribution in [0.2, 0.25) is 0 Å². The van der Waals surface area contributed by atoms with Gasteiger partial charge in [0, 0.05) is 12.1 Å². The summed E-state index contributed by atoms with van der Waals surface area (Å²) in [6.07, 6.45) is 6.18. The van der Waals surface area contributed by atoms with Crippen molar-refractivity contribution in [3.05, 3.63) is 18.2 Å². The summed E-state index contributed by atoms with van der Waals surface area (Å²) < 4.78 is 16.5. The molecule has 0 heterocycles. The van der Waals surface area contributed by atoms with E-state index in [-0.39, 0.29) is 18.1 Å². The highest BCUT2D eigenvalue weighted by Crippen LogP contribution is 2.31. The van der Waals surface area contributed by atoms with E-state index in [1.165, 1.54) is 32.1 Å². The van der Waals surface area contributed by atoms with Crippen LogP contribution in [0.5, 0.6) is 11.5 Å². The molecule has 1 aromatic carbocycles. The quantitative estimate of drug-likeness (QED) is 0.684. The predicted octanol–water partition coefficient (Wildman–Crippen LogP) is 3.73. The maximum Gasteiger partial charge on any atom is 0.255 e. The highest BCUT2D eigenvalue weighted by atomic mass is 16.5. The number of nitrogens with two attached hydrogens (primary N) is 1. The standard InChI is InChI=1S/C21H34N2O4/c1-14(2)27-20(17(22)12-15-8-6-5-7-9-15)21(24)23-18-13-16(25-3)10-11-19(18)26-4/h10-11,13-15,17,20H,5-9,12,22H2,1-4H3,(H,23,24)/t17-,20?/m1/s1. The van der Waals surface area contributed by atoms with E-state index >= 15 is 0 Å². The predicted molar refractivity (Wildman–Crippen MR) is 107 cm³/mol. The van der Waals surface area contributed by atoms with Crippen molar-refractivity contribution in [2.45, 2.75) is 70.6 Å². The lowest BCUT2D eigenvalue weighted by Gasteiger charge is -2.30. The molecular formula is C21H34N2O4. The van der Waals surface area contributed by atoms with Gasteiger partial charge in [-0.1, -0.05) is 32.1 Å². The molecule has 0 aliphatic heterocycles. The van der Waals surface area contributed by atoms with Gasteiger partial charge < -0.3 is 25.3 Å². The Hall–Kier alpha value is -1.79. The molecule has 152 valence electrons. The van der Waals surface area contributed by atoms with Crippen LogP contribution in [-0.2, 0) is 9.53 Å². The van der Waals surface area contributed by atoms with Crippen molar-refractivity contribution in [3.8, 4) is 11.5 Å². The number of benzene rings is 1. The molecule has 6 nitrogen and oxygen atoms in total. The van der Waals surface area contributed by atoms with Crippen molar-refractivity contribution in [1.29, 1.82) is 0 Å². The Kier molecular flexibility index (Phi) is 8.38. The van der Waals surface area contributed by atoms with E-state index in [0.717, 1.165) is 6.42 Å². The van der Waals surface area contributed by atoms with Crippen LogP contribution in [0.3, 0.4) is 0 Å². The Labute approximate surface area is 162 Å². The Morgan fingerprint density at radius 3 is 2.48 bits per heavy atom. The van der Waals surface area contributed by atoms with Gasteiger partial charge in [-0.25, -0.2) is 0 Å². The number of carbonyl (C=O) groups excluding carboxylic acids is 1. The number of amides is 1. The van der Waals surface area contributed by atoms with Gasteiger partial charge in [0.2, 0.25) is 0 Å². The van der Waals surface area contributed by atoms with Gasteiger partial charge in [0.25, 0.3) is 5.91 Å². The smallest absolute Gasteiger partial charge is 0.255 e. The Balaban J connectivity index is 2.11. The summed E-state index contributed by atoms with van der Waals surface area (Å²) in [5, 5.41) is 2.91. The molecule has 1 aliphatic rings. The van der Waals surface area contributed by atoms with Crippen LogP contribution in [0.25, 0.3) is 0 Å². The van der Waals surface area contributed by atoms with Crippen molar-refractivity contribution in [1.82, 2.24) is 0 Å². The molecular weight excluding hydrogens is 344 g/mol. The lowest BCUT2D eigenvalue weighted by molar-refractivity contribution is -0.132. The van der Waals surface area contributed by atoms with Crippen molar-refractivity contribution < 1.29 is 19.0 Å². The van der Waals surface area contributed by atoms with E-state index in [4.69, 9.17) is 19.9 Å². The molecule has 1 unspecified atom stereocenters. The summed E-state index contributed by atoms with van der Waals surface area (Å²) >= 11 is 0. The number of hydrogen-bond acceptors (Lipinski definition) is 5. The summed E-state index contributed by atoms with van der Waals surface area (Å²) in [5.74, 6) is 1.52. The average Bonchev–Trinajstić information content (AvgIpc) is 2.66. The van der Waals surface area contributed by atoms with Crippen molar-refractivity contribution in [3.63, 3.8) is 0 Å². The first-order chi connectivity index (χ1) is 12.9. The van der Waals surface area contributed by atoms with Gasteiger partial charge in [0.05, 0.1) is 26.0 Å². The third-order valence-electron chi connectivity index (χ3n) is 5.06. The number of ether oxygens (including phenoxy) is 3. The second kappa shape index (κ2) is 10.5. The van der Waals surface area contributed by atoms with E-state index in [1.54, 1.807) is 32.4 Å². The fourth-order valence-corrected chi connectivity index (χ4v) is 3.70. The van der Waals surface area contributed by atoms with Crippen molar-refractivity contribution in [2.75, 3.05) is 19.5 Å². The fraction of sp³-hybridized carbons (Fsp3) is 0.667. The number of carbonyl (C=O) groups is 1. The maximum absolute atomic E-state index is 13.0. The Morgan fingerprint density at radius 2 is 1.89 bits per heavy atom. The average molecular weight is 379 g/mol. The van der Waals surface area contributed by atoms with Crippen LogP contribution in [0, 0.1) is 5.92 Å². The van der Waals surface area contributed by atoms with Crippen LogP contribution in [0.4, 0.5) is 5.69 Å². The summed E-state index contributed by atoms with van der Waals surface area (Å²) in [6.45, 7) is 3.83. The zero-order valence-corrected chi connectivity index (χ0v) is 17.0. The molecule has 1 aliphatic carbocycles. The number of anilines is 1. The molecule has 27 heavy (non-hydrogen) atoms. The first-order valence-electron chi connectivity index (χ1n) is 9.88. The van der Waals surface area contributed by atoms with Gasteiger partial charge in [-0.3, -0.25) is 4.79 Å². The molecule has 2 atom stereocenters. The molecule has 0 radical (unpaired) electrons. The second-order valence-corrected chi connectivity index (χ2v) is 7.56. The molecule has 0 aromatic heterocycles. The normalized spacial score (nSPS) is 17.4. The largest absolute Gasteiger partial charge is 0.497 e. The molecule has 6 heteroatoms. The molecule has 1 aromatic rings. The molecule has 2 rings (SSSR count). The highest BCUT2D eigenvalue weighted by Gasteiger charge is 2.30. The van der Waals surface area contributed by atoms with E-state index in [0.29, 0.717) is 23.1 Å².